The van der Waals surface area contributed by atoms with Gasteiger partial charge in [-0.3, -0.25) is 9.69 Å². The third-order valence-electron chi connectivity index (χ3n) is 4.97. The molecule has 3 rings (SSSR count). The van der Waals surface area contributed by atoms with Crippen LogP contribution in [0.3, 0.4) is 0 Å². The van der Waals surface area contributed by atoms with Crippen molar-refractivity contribution in [3.63, 3.8) is 0 Å². The van der Waals surface area contributed by atoms with Gasteiger partial charge in [-0.25, -0.2) is 0 Å². The monoisotopic (exact) mass is 396 g/mol. The van der Waals surface area contributed by atoms with Gasteiger partial charge in [-0.15, -0.1) is 0 Å². The zero-order valence-electron chi connectivity index (χ0n) is 16.0. The second-order valence-corrected chi connectivity index (χ2v) is 7.31. The van der Waals surface area contributed by atoms with Crippen molar-refractivity contribution in [2.45, 2.75) is 51.9 Å². The number of halogens is 3. The number of carbonyl (C=O) groups is 1. The highest BCUT2D eigenvalue weighted by Gasteiger charge is 2.38. The van der Waals surface area contributed by atoms with Gasteiger partial charge in [-0.05, 0) is 57.9 Å². The topological polar surface area (TPSA) is 71.3 Å². The normalized spacial score (nSPS) is 19.0. The summed E-state index contributed by atoms with van der Waals surface area (Å²) in [5.74, 6) is -1.78. The summed E-state index contributed by atoms with van der Waals surface area (Å²) >= 11 is 0. The summed E-state index contributed by atoms with van der Waals surface area (Å²) in [7, 11) is 0. The highest BCUT2D eigenvalue weighted by molar-refractivity contribution is 5.95. The average Bonchev–Trinajstić information content (AvgIpc) is 3.24. The fraction of sp³-hybridized carbons (Fsp3) is 0.526. The third-order valence-corrected chi connectivity index (χ3v) is 4.97. The molecule has 2 heterocycles. The maximum atomic E-state index is 12.6. The average molecular weight is 396 g/mol. The summed E-state index contributed by atoms with van der Waals surface area (Å²) in [5, 5.41) is 6.36. The zero-order valence-corrected chi connectivity index (χ0v) is 16.0. The number of aromatic nitrogens is 2. The summed E-state index contributed by atoms with van der Waals surface area (Å²) in [4.78, 5) is 18.3. The van der Waals surface area contributed by atoms with Gasteiger partial charge < -0.3 is 9.84 Å². The molecule has 1 N–H and O–H groups in total. The molecule has 1 saturated heterocycles. The predicted octanol–water partition coefficient (Wildman–Crippen LogP) is 3.67. The number of likely N-dealkylation sites (tertiary alicyclic amines) is 1. The van der Waals surface area contributed by atoms with E-state index in [0.717, 1.165) is 13.1 Å². The summed E-state index contributed by atoms with van der Waals surface area (Å²) < 4.78 is 42.1. The van der Waals surface area contributed by atoms with Crippen LogP contribution in [0.2, 0.25) is 0 Å². The van der Waals surface area contributed by atoms with E-state index in [4.69, 9.17) is 0 Å². The van der Waals surface area contributed by atoms with Crippen molar-refractivity contribution in [3.05, 3.63) is 35.2 Å². The number of carbonyl (C=O) groups excluding carboxylic acids is 1. The van der Waals surface area contributed by atoms with E-state index < -0.39 is 12.1 Å². The van der Waals surface area contributed by atoms with Crippen LogP contribution >= 0.6 is 0 Å². The van der Waals surface area contributed by atoms with Crippen LogP contribution < -0.4 is 5.32 Å². The molecule has 0 radical (unpaired) electrons. The van der Waals surface area contributed by atoms with E-state index in [9.17, 15) is 18.0 Å². The first-order chi connectivity index (χ1) is 13.1. The Morgan fingerprint density at radius 2 is 2.18 bits per heavy atom. The SMILES string of the molecule is Cc1cc(C(=O)NC(C)CN2CCCC2C)ccc1-c1noc(C(F)(F)F)n1. The molecule has 1 fully saturated rings. The Morgan fingerprint density at radius 1 is 1.43 bits per heavy atom. The van der Waals surface area contributed by atoms with Crippen LogP contribution in [0.4, 0.5) is 13.2 Å². The van der Waals surface area contributed by atoms with Gasteiger partial charge in [0.05, 0.1) is 0 Å². The van der Waals surface area contributed by atoms with E-state index in [-0.39, 0.29) is 17.8 Å². The third kappa shape index (κ3) is 4.52. The van der Waals surface area contributed by atoms with Crippen LogP contribution in [0.1, 0.15) is 48.5 Å². The van der Waals surface area contributed by atoms with Gasteiger partial charge >= 0.3 is 12.1 Å². The number of amides is 1. The van der Waals surface area contributed by atoms with Gasteiger partial charge in [-0.2, -0.15) is 18.2 Å². The smallest absolute Gasteiger partial charge is 0.348 e. The Kier molecular flexibility index (Phi) is 5.74. The fourth-order valence-corrected chi connectivity index (χ4v) is 3.47. The van der Waals surface area contributed by atoms with Gasteiger partial charge in [0.25, 0.3) is 5.91 Å². The van der Waals surface area contributed by atoms with E-state index in [1.807, 2.05) is 6.92 Å². The lowest BCUT2D eigenvalue weighted by Crippen LogP contribution is -2.43. The molecule has 2 atom stereocenters. The number of aryl methyl sites for hydroxylation is 1. The van der Waals surface area contributed by atoms with Crippen LogP contribution in [-0.2, 0) is 6.18 Å². The van der Waals surface area contributed by atoms with Crippen LogP contribution in [-0.4, -0.2) is 46.1 Å². The summed E-state index contributed by atoms with van der Waals surface area (Å²) in [6.45, 7) is 7.66. The van der Waals surface area contributed by atoms with Crippen molar-refractivity contribution in [1.29, 1.82) is 0 Å². The lowest BCUT2D eigenvalue weighted by atomic mass is 10.0. The largest absolute Gasteiger partial charge is 0.471 e. The Hall–Kier alpha value is -2.42. The number of hydrogen-bond donors (Lipinski definition) is 1. The first-order valence-corrected chi connectivity index (χ1v) is 9.22. The van der Waals surface area contributed by atoms with Crippen molar-refractivity contribution in [2.75, 3.05) is 13.1 Å². The first kappa shape index (κ1) is 20.3. The van der Waals surface area contributed by atoms with Crippen molar-refractivity contribution in [2.24, 2.45) is 0 Å². The Balaban J connectivity index is 1.67. The molecule has 0 bridgehead atoms. The molecule has 9 heteroatoms. The minimum Gasteiger partial charge on any atom is -0.348 e. The second kappa shape index (κ2) is 7.90. The molecule has 28 heavy (non-hydrogen) atoms. The van der Waals surface area contributed by atoms with E-state index in [2.05, 4.69) is 31.8 Å². The molecule has 1 aliphatic rings. The van der Waals surface area contributed by atoms with Crippen molar-refractivity contribution < 1.29 is 22.5 Å². The molecule has 152 valence electrons. The Bertz CT molecular complexity index is 850. The molecule has 0 saturated carbocycles. The lowest BCUT2D eigenvalue weighted by Gasteiger charge is -2.25. The number of nitrogens with one attached hydrogen (secondary N) is 1. The van der Waals surface area contributed by atoms with Crippen molar-refractivity contribution in [3.8, 4) is 11.4 Å². The van der Waals surface area contributed by atoms with Gasteiger partial charge in [0.15, 0.2) is 0 Å². The number of hydrogen-bond acceptors (Lipinski definition) is 5. The predicted molar refractivity (Wildman–Crippen MR) is 96.7 cm³/mol. The Morgan fingerprint density at radius 3 is 2.75 bits per heavy atom. The molecule has 1 aromatic carbocycles. The van der Waals surface area contributed by atoms with E-state index in [0.29, 0.717) is 22.7 Å². The molecular formula is C19H23F3N4O2. The fourth-order valence-electron chi connectivity index (χ4n) is 3.47. The minimum absolute atomic E-state index is 0.0143. The van der Waals surface area contributed by atoms with Gasteiger partial charge in [0.1, 0.15) is 0 Å². The molecule has 1 amide bonds. The summed E-state index contributed by atoms with van der Waals surface area (Å²) in [6, 6.07) is 5.20. The molecule has 6 nitrogen and oxygen atoms in total. The number of alkyl halides is 3. The minimum atomic E-state index is -4.69. The van der Waals surface area contributed by atoms with E-state index in [1.54, 1.807) is 19.1 Å². The maximum absolute atomic E-state index is 12.6. The van der Waals surface area contributed by atoms with Crippen LogP contribution in [0, 0.1) is 6.92 Å². The quantitative estimate of drug-likeness (QED) is 0.835. The molecule has 2 unspecified atom stereocenters. The number of benzene rings is 1. The summed E-state index contributed by atoms with van der Waals surface area (Å²) in [5.41, 5.74) is 1.40. The van der Waals surface area contributed by atoms with E-state index in [1.165, 1.54) is 18.9 Å². The molecular weight excluding hydrogens is 373 g/mol. The van der Waals surface area contributed by atoms with Crippen LogP contribution in [0.25, 0.3) is 11.4 Å². The standard InChI is InChI=1S/C19H23F3N4O2/c1-11-9-14(17(27)23-12(2)10-26-8-4-5-13(26)3)6-7-15(11)16-24-18(28-25-16)19(20,21)22/h6-7,9,12-13H,4-5,8,10H2,1-3H3,(H,23,27). The number of rotatable bonds is 5. The van der Waals surface area contributed by atoms with Crippen molar-refractivity contribution in [1.82, 2.24) is 20.4 Å². The van der Waals surface area contributed by atoms with Gasteiger partial charge in [0, 0.05) is 29.8 Å². The molecule has 2 aromatic rings. The summed E-state index contributed by atoms with van der Waals surface area (Å²) in [6.07, 6.45) is -2.34. The molecule has 0 aliphatic carbocycles. The van der Waals surface area contributed by atoms with Crippen molar-refractivity contribution >= 4 is 5.91 Å². The highest BCUT2D eigenvalue weighted by Crippen LogP contribution is 2.30. The van der Waals surface area contributed by atoms with Crippen LogP contribution in [0.5, 0.6) is 0 Å². The Labute approximate surface area is 161 Å². The van der Waals surface area contributed by atoms with Gasteiger partial charge in [0.2, 0.25) is 5.82 Å². The van der Waals surface area contributed by atoms with E-state index >= 15 is 0 Å². The molecule has 1 aliphatic heterocycles. The molecule has 0 spiro atoms. The first-order valence-electron chi connectivity index (χ1n) is 9.22. The number of nitrogens with zero attached hydrogens (tertiary/aromatic N) is 3. The highest BCUT2D eigenvalue weighted by atomic mass is 19.4. The van der Waals surface area contributed by atoms with Crippen LogP contribution in [0.15, 0.2) is 22.7 Å². The lowest BCUT2D eigenvalue weighted by molar-refractivity contribution is -0.159. The second-order valence-electron chi connectivity index (χ2n) is 7.31. The zero-order chi connectivity index (χ0) is 20.5. The van der Waals surface area contributed by atoms with Gasteiger partial charge in [-0.1, -0.05) is 11.2 Å². The maximum Gasteiger partial charge on any atom is 0.471 e. The molecule has 1 aromatic heterocycles.